The number of H-pyrrole nitrogens is 1. The zero-order chi connectivity index (χ0) is 27.5. The highest BCUT2D eigenvalue weighted by molar-refractivity contribution is 6.21. The second-order valence-corrected chi connectivity index (χ2v) is 9.91. The van der Waals surface area contributed by atoms with Gasteiger partial charge < -0.3 is 30.5 Å². The average Bonchev–Trinajstić information content (AvgIpc) is 3.55. The Bertz CT molecular complexity index is 1590. The third-order valence-electron chi connectivity index (χ3n) is 7.05. The third kappa shape index (κ3) is 5.57. The van der Waals surface area contributed by atoms with E-state index in [1.807, 2.05) is 60.7 Å². The number of aromatic nitrogens is 3. The standard InChI is InChI=1S/C30H30N8O2/c1-37-10-12-38(13-11-37)24-9-5-8-21(14-24)28(39)34-23-16-25-22(18-31-27(25)32-19-23)15-26-29(40)36-30(35-26)33-17-20-6-3-2-4-7-20/h2-9,14-16,18-19,40H,10-13,17H2,1H3,(H,34,39)(H2,33,35,36). The largest absolute Gasteiger partial charge is 0.492 e. The number of amides is 1. The van der Waals surface area contributed by atoms with Gasteiger partial charge in [0.2, 0.25) is 11.8 Å². The summed E-state index contributed by atoms with van der Waals surface area (Å²) in [6, 6.07) is 19.5. The fourth-order valence-electron chi connectivity index (χ4n) is 4.77. The first-order chi connectivity index (χ1) is 19.5. The Kier molecular flexibility index (Phi) is 6.98. The van der Waals surface area contributed by atoms with Crippen LogP contribution in [0, 0.1) is 0 Å². The van der Waals surface area contributed by atoms with Crippen molar-refractivity contribution >= 4 is 46.9 Å². The van der Waals surface area contributed by atoms with Crippen molar-refractivity contribution < 1.29 is 9.90 Å². The van der Waals surface area contributed by atoms with E-state index in [0.29, 0.717) is 35.3 Å². The number of pyridine rings is 1. The predicted octanol–water partition coefficient (Wildman–Crippen LogP) is 4.38. The number of fused-ring (bicyclic) bond motifs is 1. The van der Waals surface area contributed by atoms with Crippen LogP contribution in [0.4, 0.5) is 23.1 Å². The van der Waals surface area contributed by atoms with E-state index < -0.39 is 0 Å². The lowest BCUT2D eigenvalue weighted by atomic mass is 10.1. The molecule has 0 atom stereocenters. The summed E-state index contributed by atoms with van der Waals surface area (Å²) >= 11 is 0. The first-order valence-corrected chi connectivity index (χ1v) is 13.2. The first-order valence-electron chi connectivity index (χ1n) is 13.2. The van der Waals surface area contributed by atoms with Crippen LogP contribution < -0.4 is 15.5 Å². The van der Waals surface area contributed by atoms with Gasteiger partial charge in [0.05, 0.1) is 11.9 Å². The summed E-state index contributed by atoms with van der Waals surface area (Å²) in [5.74, 6) is 0.675. The molecule has 2 aromatic heterocycles. The maximum atomic E-state index is 13.1. The number of nitrogens with zero attached hydrogens (tertiary/aromatic N) is 5. The van der Waals surface area contributed by atoms with Crippen molar-refractivity contribution in [2.45, 2.75) is 6.54 Å². The molecule has 0 aliphatic carbocycles. The average molecular weight is 535 g/mol. The smallest absolute Gasteiger partial charge is 0.255 e. The van der Waals surface area contributed by atoms with Crippen LogP contribution in [-0.2, 0) is 6.54 Å². The molecule has 2 aliphatic rings. The van der Waals surface area contributed by atoms with Crippen LogP contribution in [0.2, 0.25) is 0 Å². The van der Waals surface area contributed by atoms with Gasteiger partial charge in [-0.05, 0) is 43.0 Å². The van der Waals surface area contributed by atoms with Gasteiger partial charge in [-0.25, -0.2) is 9.98 Å². The van der Waals surface area contributed by atoms with Crippen molar-refractivity contribution in [1.29, 1.82) is 0 Å². The molecule has 2 aromatic carbocycles. The molecular weight excluding hydrogens is 504 g/mol. The van der Waals surface area contributed by atoms with Crippen molar-refractivity contribution in [2.24, 2.45) is 4.99 Å². The van der Waals surface area contributed by atoms with Gasteiger partial charge in [-0.1, -0.05) is 36.4 Å². The second-order valence-electron chi connectivity index (χ2n) is 9.91. The van der Waals surface area contributed by atoms with E-state index in [2.05, 4.69) is 47.4 Å². The lowest BCUT2D eigenvalue weighted by Crippen LogP contribution is -2.44. The minimum atomic E-state index is -0.206. The molecule has 1 saturated heterocycles. The molecule has 1 amide bonds. The third-order valence-corrected chi connectivity index (χ3v) is 7.05. The minimum absolute atomic E-state index is 0.123. The van der Waals surface area contributed by atoms with E-state index in [9.17, 15) is 9.90 Å². The molecule has 0 spiro atoms. The Morgan fingerprint density at radius 3 is 2.73 bits per heavy atom. The van der Waals surface area contributed by atoms with Crippen LogP contribution in [0.15, 0.2) is 71.9 Å². The van der Waals surface area contributed by atoms with Gasteiger partial charge in [0.1, 0.15) is 5.69 Å². The quantitative estimate of drug-likeness (QED) is 0.278. The van der Waals surface area contributed by atoms with Crippen LogP contribution in [-0.4, -0.2) is 70.3 Å². The molecule has 202 valence electrons. The molecule has 10 heteroatoms. The van der Waals surface area contributed by atoms with E-state index in [4.69, 9.17) is 0 Å². The number of likely N-dealkylation sites (N-methyl/N-ethyl adjacent to an activating group) is 1. The summed E-state index contributed by atoms with van der Waals surface area (Å²) in [7, 11) is 2.12. The van der Waals surface area contributed by atoms with Gasteiger partial charge in [-0.3, -0.25) is 4.79 Å². The molecule has 0 bridgehead atoms. The van der Waals surface area contributed by atoms with Gasteiger partial charge in [-0.2, -0.15) is 4.98 Å². The number of hydrogen-bond acceptors (Lipinski definition) is 8. The van der Waals surface area contributed by atoms with Gasteiger partial charge in [-0.15, -0.1) is 0 Å². The highest BCUT2D eigenvalue weighted by Crippen LogP contribution is 2.34. The first kappa shape index (κ1) is 25.3. The highest BCUT2D eigenvalue weighted by Gasteiger charge is 2.19. The van der Waals surface area contributed by atoms with Crippen LogP contribution in [0.25, 0.3) is 11.6 Å². The number of hydrogen-bond donors (Lipinski definition) is 4. The van der Waals surface area contributed by atoms with Crippen LogP contribution in [0.3, 0.4) is 0 Å². The Morgan fingerprint density at radius 2 is 1.90 bits per heavy atom. The topological polar surface area (TPSA) is 122 Å². The van der Waals surface area contributed by atoms with Crippen molar-refractivity contribution in [1.82, 2.24) is 19.9 Å². The van der Waals surface area contributed by atoms with Crippen LogP contribution in [0.1, 0.15) is 27.2 Å². The molecule has 0 saturated carbocycles. The molecule has 4 heterocycles. The highest BCUT2D eigenvalue weighted by atomic mass is 16.3. The number of allylic oxidation sites excluding steroid dienone is 1. The molecule has 2 aliphatic heterocycles. The molecule has 0 radical (unpaired) electrons. The van der Waals surface area contributed by atoms with E-state index >= 15 is 0 Å². The maximum absolute atomic E-state index is 13.1. The molecule has 10 nitrogen and oxygen atoms in total. The van der Waals surface area contributed by atoms with E-state index in [-0.39, 0.29) is 11.8 Å². The van der Waals surface area contributed by atoms with E-state index in [1.165, 1.54) is 0 Å². The lowest BCUT2D eigenvalue weighted by molar-refractivity contribution is 0.102. The van der Waals surface area contributed by atoms with E-state index in [1.54, 1.807) is 18.5 Å². The Labute approximate surface area is 232 Å². The monoisotopic (exact) mass is 534 g/mol. The number of aromatic hydroxyl groups is 1. The SMILES string of the molecule is CN1CCN(c2cccc(C(=O)Nc3cnc4c(c3)C(=Cc3[nH]c(NCc5ccccc5)nc3O)C=N4)c2)CC1. The lowest BCUT2D eigenvalue weighted by Gasteiger charge is -2.34. The molecule has 4 aromatic rings. The number of benzene rings is 2. The van der Waals surface area contributed by atoms with Crippen molar-refractivity contribution in [2.75, 3.05) is 48.8 Å². The predicted molar refractivity (Wildman–Crippen MR) is 158 cm³/mol. The maximum Gasteiger partial charge on any atom is 0.255 e. The number of piperazine rings is 1. The zero-order valence-electron chi connectivity index (χ0n) is 22.1. The van der Waals surface area contributed by atoms with Crippen molar-refractivity contribution in [3.63, 3.8) is 0 Å². The summed E-state index contributed by atoms with van der Waals surface area (Å²) in [6.07, 6.45) is 5.04. The van der Waals surface area contributed by atoms with Gasteiger partial charge in [0, 0.05) is 61.3 Å². The molecule has 1 fully saturated rings. The van der Waals surface area contributed by atoms with Gasteiger partial charge in [0.25, 0.3) is 5.91 Å². The molecular formula is C30H30N8O2. The Morgan fingerprint density at radius 1 is 1.07 bits per heavy atom. The number of carbonyl (C=O) groups excluding carboxylic acids is 1. The van der Waals surface area contributed by atoms with Gasteiger partial charge in [0.15, 0.2) is 5.82 Å². The summed E-state index contributed by atoms with van der Waals surface area (Å²) < 4.78 is 0. The molecule has 40 heavy (non-hydrogen) atoms. The zero-order valence-corrected chi connectivity index (χ0v) is 22.1. The molecule has 6 rings (SSSR count). The fourth-order valence-corrected chi connectivity index (χ4v) is 4.77. The molecule has 4 N–H and O–H groups in total. The Hall–Kier alpha value is -4.96. The molecule has 0 unspecified atom stereocenters. The second kappa shape index (κ2) is 11.0. The van der Waals surface area contributed by atoms with E-state index in [0.717, 1.165) is 48.6 Å². The number of nitrogens with one attached hydrogen (secondary N) is 3. The summed E-state index contributed by atoms with van der Waals surface area (Å²) in [6.45, 7) is 4.43. The van der Waals surface area contributed by atoms with Crippen molar-refractivity contribution in [3.05, 3.63) is 89.2 Å². The normalized spacial score (nSPS) is 15.8. The van der Waals surface area contributed by atoms with Crippen molar-refractivity contribution in [3.8, 4) is 5.88 Å². The number of carbonyl (C=O) groups is 1. The van der Waals surface area contributed by atoms with Crippen LogP contribution in [0.5, 0.6) is 5.88 Å². The summed E-state index contributed by atoms with van der Waals surface area (Å²) in [4.78, 5) is 33.8. The number of aliphatic imine (C=N–C) groups is 1. The number of imidazole rings is 1. The number of aromatic amines is 1. The number of rotatable bonds is 7. The fraction of sp³-hybridized carbons (Fsp3) is 0.200. The summed E-state index contributed by atoms with van der Waals surface area (Å²) in [5.41, 5.74) is 5.22. The van der Waals surface area contributed by atoms with Crippen LogP contribution >= 0.6 is 0 Å². The Balaban J connectivity index is 1.16. The minimum Gasteiger partial charge on any atom is -0.492 e. The number of anilines is 3. The van der Waals surface area contributed by atoms with Gasteiger partial charge >= 0.3 is 0 Å². The summed E-state index contributed by atoms with van der Waals surface area (Å²) in [5, 5.41) is 16.6.